The Kier molecular flexibility index (Phi) is 6.91. The van der Waals surface area contributed by atoms with Crippen molar-refractivity contribution in [2.45, 2.75) is 38.6 Å². The maximum absolute atomic E-state index is 12.0. The summed E-state index contributed by atoms with van der Waals surface area (Å²) < 4.78 is 0. The number of hydrogen-bond donors (Lipinski definition) is 2. The van der Waals surface area contributed by atoms with E-state index in [1.54, 1.807) is 11.9 Å². The number of nitrogens with one attached hydrogen (secondary N) is 2. The molecule has 1 fully saturated rings. The number of nitrogens with zero attached hydrogens (tertiary/aromatic N) is 1. The van der Waals surface area contributed by atoms with Crippen LogP contribution >= 0.6 is 0 Å². The van der Waals surface area contributed by atoms with Gasteiger partial charge in [0.1, 0.15) is 0 Å². The lowest BCUT2D eigenvalue weighted by Crippen LogP contribution is -2.41. The van der Waals surface area contributed by atoms with Crippen molar-refractivity contribution in [3.63, 3.8) is 0 Å². The smallest absolute Gasteiger partial charge is 0.317 e. The fraction of sp³-hybridized carbons (Fsp3) is 0.556. The summed E-state index contributed by atoms with van der Waals surface area (Å²) in [6.07, 6.45) is 5.48. The molecule has 1 saturated carbocycles. The van der Waals surface area contributed by atoms with Gasteiger partial charge in [-0.05, 0) is 24.3 Å². The van der Waals surface area contributed by atoms with Gasteiger partial charge in [-0.1, -0.05) is 43.2 Å². The van der Waals surface area contributed by atoms with Crippen LogP contribution in [0.1, 0.15) is 37.7 Å². The molecule has 0 heterocycles. The van der Waals surface area contributed by atoms with Crippen LogP contribution in [0.4, 0.5) is 4.79 Å². The fourth-order valence-corrected chi connectivity index (χ4v) is 2.98. The Hall–Kier alpha value is -2.04. The Labute approximate surface area is 138 Å². The highest BCUT2D eigenvalue weighted by atomic mass is 16.2. The topological polar surface area (TPSA) is 61.4 Å². The van der Waals surface area contributed by atoms with Crippen molar-refractivity contribution in [2.75, 3.05) is 20.1 Å². The molecule has 1 aliphatic rings. The summed E-state index contributed by atoms with van der Waals surface area (Å²) in [5.41, 5.74) is 1.09. The van der Waals surface area contributed by atoms with Crippen LogP contribution in [0.15, 0.2) is 30.3 Å². The van der Waals surface area contributed by atoms with E-state index in [1.807, 2.05) is 30.3 Å². The number of urea groups is 1. The first-order valence-corrected chi connectivity index (χ1v) is 8.44. The maximum atomic E-state index is 12.0. The Morgan fingerprint density at radius 3 is 2.43 bits per heavy atom. The fourth-order valence-electron chi connectivity index (χ4n) is 2.98. The van der Waals surface area contributed by atoms with Crippen LogP contribution in [0.25, 0.3) is 0 Å². The van der Waals surface area contributed by atoms with E-state index in [0.29, 0.717) is 32.0 Å². The summed E-state index contributed by atoms with van der Waals surface area (Å²) in [6.45, 7) is 1.51. The minimum Gasteiger partial charge on any atom is -0.354 e. The number of carbonyl (C=O) groups excluding carboxylic acids is 2. The minimum absolute atomic E-state index is 0.101. The van der Waals surface area contributed by atoms with Gasteiger partial charge in [0.05, 0.1) is 0 Å². The van der Waals surface area contributed by atoms with Gasteiger partial charge in [0.2, 0.25) is 5.91 Å². The number of carbonyl (C=O) groups is 2. The first kappa shape index (κ1) is 17.3. The van der Waals surface area contributed by atoms with E-state index >= 15 is 0 Å². The Balaban J connectivity index is 1.57. The molecule has 0 radical (unpaired) electrons. The number of hydrogen-bond acceptors (Lipinski definition) is 2. The lowest BCUT2D eigenvalue weighted by molar-refractivity contribution is -0.121. The third-order valence-corrected chi connectivity index (χ3v) is 4.28. The molecule has 5 heteroatoms. The molecular weight excluding hydrogens is 290 g/mol. The lowest BCUT2D eigenvalue weighted by Gasteiger charge is -2.18. The number of benzene rings is 1. The molecule has 2 N–H and O–H groups in total. The average Bonchev–Trinajstić information content (AvgIpc) is 3.05. The second-order valence-electron chi connectivity index (χ2n) is 6.28. The Morgan fingerprint density at radius 2 is 1.74 bits per heavy atom. The van der Waals surface area contributed by atoms with Crippen molar-refractivity contribution in [2.24, 2.45) is 5.92 Å². The van der Waals surface area contributed by atoms with E-state index < -0.39 is 0 Å². The zero-order chi connectivity index (χ0) is 16.5. The molecule has 0 aromatic heterocycles. The monoisotopic (exact) mass is 317 g/mol. The highest BCUT2D eigenvalue weighted by Crippen LogP contribution is 2.27. The third-order valence-electron chi connectivity index (χ3n) is 4.28. The van der Waals surface area contributed by atoms with Crippen LogP contribution < -0.4 is 10.6 Å². The SMILES string of the molecule is CN(Cc1ccccc1)C(=O)NCCNC(=O)CC1CCCC1. The molecule has 1 aliphatic carbocycles. The number of amides is 3. The molecule has 5 nitrogen and oxygen atoms in total. The first-order chi connectivity index (χ1) is 11.1. The van der Waals surface area contributed by atoms with Crippen molar-refractivity contribution in [1.29, 1.82) is 0 Å². The lowest BCUT2D eigenvalue weighted by atomic mass is 10.0. The molecule has 126 valence electrons. The van der Waals surface area contributed by atoms with Gasteiger partial charge in [-0.2, -0.15) is 0 Å². The molecule has 0 atom stereocenters. The second-order valence-corrected chi connectivity index (χ2v) is 6.28. The van der Waals surface area contributed by atoms with E-state index in [9.17, 15) is 9.59 Å². The number of rotatable bonds is 7. The van der Waals surface area contributed by atoms with E-state index in [0.717, 1.165) is 5.56 Å². The van der Waals surface area contributed by atoms with E-state index in [4.69, 9.17) is 0 Å². The van der Waals surface area contributed by atoms with Gasteiger partial charge < -0.3 is 15.5 Å². The molecule has 2 rings (SSSR count). The van der Waals surface area contributed by atoms with Crippen LogP contribution in [0.5, 0.6) is 0 Å². The molecule has 0 saturated heterocycles. The predicted octanol–water partition coefficient (Wildman–Crippen LogP) is 2.52. The summed E-state index contributed by atoms with van der Waals surface area (Å²) in [4.78, 5) is 25.4. The zero-order valence-corrected chi connectivity index (χ0v) is 13.9. The highest BCUT2D eigenvalue weighted by Gasteiger charge is 2.18. The van der Waals surface area contributed by atoms with Crippen LogP contribution in [0.2, 0.25) is 0 Å². The molecular formula is C18H27N3O2. The van der Waals surface area contributed by atoms with Crippen LogP contribution in [0, 0.1) is 5.92 Å². The van der Waals surface area contributed by atoms with Crippen molar-refractivity contribution in [1.82, 2.24) is 15.5 Å². The van der Waals surface area contributed by atoms with E-state index in [-0.39, 0.29) is 11.9 Å². The summed E-state index contributed by atoms with van der Waals surface area (Å²) in [6, 6.07) is 9.73. The van der Waals surface area contributed by atoms with Crippen LogP contribution in [0.3, 0.4) is 0 Å². The van der Waals surface area contributed by atoms with Crippen molar-refractivity contribution >= 4 is 11.9 Å². The normalized spacial score (nSPS) is 14.5. The molecule has 0 unspecified atom stereocenters. The summed E-state index contributed by atoms with van der Waals surface area (Å²) >= 11 is 0. The summed E-state index contributed by atoms with van der Waals surface area (Å²) in [5, 5.41) is 5.71. The third kappa shape index (κ3) is 6.30. The van der Waals surface area contributed by atoms with Crippen LogP contribution in [-0.4, -0.2) is 37.0 Å². The van der Waals surface area contributed by atoms with Crippen molar-refractivity contribution in [3.05, 3.63) is 35.9 Å². The first-order valence-electron chi connectivity index (χ1n) is 8.44. The highest BCUT2D eigenvalue weighted by molar-refractivity contribution is 5.76. The molecule has 3 amide bonds. The van der Waals surface area contributed by atoms with Gasteiger partial charge >= 0.3 is 6.03 Å². The molecule has 0 aliphatic heterocycles. The molecule has 0 bridgehead atoms. The van der Waals surface area contributed by atoms with Gasteiger partial charge in [-0.15, -0.1) is 0 Å². The molecule has 0 spiro atoms. The van der Waals surface area contributed by atoms with Crippen molar-refractivity contribution < 1.29 is 9.59 Å². The van der Waals surface area contributed by atoms with Gasteiger partial charge in [0.25, 0.3) is 0 Å². The summed E-state index contributed by atoms with van der Waals surface area (Å²) in [7, 11) is 1.76. The minimum atomic E-state index is -0.126. The van der Waals surface area contributed by atoms with Gasteiger partial charge in [0.15, 0.2) is 0 Å². The zero-order valence-electron chi connectivity index (χ0n) is 13.9. The Bertz CT molecular complexity index is 498. The molecule has 23 heavy (non-hydrogen) atoms. The van der Waals surface area contributed by atoms with Crippen molar-refractivity contribution in [3.8, 4) is 0 Å². The van der Waals surface area contributed by atoms with Gasteiger partial charge in [-0.25, -0.2) is 4.79 Å². The molecule has 1 aromatic rings. The second kappa shape index (κ2) is 9.18. The van der Waals surface area contributed by atoms with E-state index in [1.165, 1.54) is 25.7 Å². The quantitative estimate of drug-likeness (QED) is 0.759. The summed E-state index contributed by atoms with van der Waals surface area (Å²) in [5.74, 6) is 0.658. The van der Waals surface area contributed by atoms with Gasteiger partial charge in [0, 0.05) is 33.1 Å². The molecule has 1 aromatic carbocycles. The average molecular weight is 317 g/mol. The Morgan fingerprint density at radius 1 is 1.09 bits per heavy atom. The van der Waals surface area contributed by atoms with E-state index in [2.05, 4.69) is 10.6 Å². The predicted molar refractivity (Wildman–Crippen MR) is 90.9 cm³/mol. The van der Waals surface area contributed by atoms with Gasteiger partial charge in [-0.3, -0.25) is 4.79 Å². The standard InChI is InChI=1S/C18H27N3O2/c1-21(14-16-9-3-2-4-10-16)18(23)20-12-11-19-17(22)13-15-7-5-6-8-15/h2-4,9-10,15H,5-8,11-14H2,1H3,(H,19,22)(H,20,23). The maximum Gasteiger partial charge on any atom is 0.317 e. The van der Waals surface area contributed by atoms with Crippen LogP contribution in [-0.2, 0) is 11.3 Å². The largest absolute Gasteiger partial charge is 0.354 e.